The number of aryl methyl sites for hydroxylation is 2. The fraction of sp³-hybridized carbons (Fsp3) is 0.304. The minimum Gasteiger partial charge on any atom is -0.371 e. The van der Waals surface area contributed by atoms with Gasteiger partial charge in [-0.1, -0.05) is 6.07 Å². The minimum atomic E-state index is -3.66. The predicted molar refractivity (Wildman–Crippen MR) is 124 cm³/mol. The highest BCUT2D eigenvalue weighted by Crippen LogP contribution is 2.47. The van der Waals surface area contributed by atoms with E-state index in [0.29, 0.717) is 22.6 Å². The lowest BCUT2D eigenvalue weighted by molar-refractivity contribution is 0.151. The first kappa shape index (κ1) is 22.5. The quantitative estimate of drug-likeness (QED) is 0.436. The van der Waals surface area contributed by atoms with Gasteiger partial charge in [-0.25, -0.2) is 25.6 Å². The number of alkyl halides is 2. The van der Waals surface area contributed by atoms with Gasteiger partial charge in [0.15, 0.2) is 5.82 Å². The molecule has 0 amide bonds. The van der Waals surface area contributed by atoms with E-state index in [4.69, 9.17) is 0 Å². The summed E-state index contributed by atoms with van der Waals surface area (Å²) in [5.74, 6) is -0.0250. The highest BCUT2D eigenvalue weighted by atomic mass is 32.2. The van der Waals surface area contributed by atoms with Gasteiger partial charge in [0.1, 0.15) is 11.6 Å². The summed E-state index contributed by atoms with van der Waals surface area (Å²) in [5, 5.41) is 11.7. The van der Waals surface area contributed by atoms with Crippen LogP contribution in [-0.4, -0.2) is 33.4 Å². The van der Waals surface area contributed by atoms with Crippen molar-refractivity contribution in [2.24, 2.45) is 0 Å². The summed E-state index contributed by atoms with van der Waals surface area (Å²) in [7, 11) is -3.66. The van der Waals surface area contributed by atoms with Gasteiger partial charge in [-0.3, -0.25) is 4.57 Å². The molecule has 4 aromatic rings. The van der Waals surface area contributed by atoms with Crippen molar-refractivity contribution in [3.05, 3.63) is 59.1 Å². The molecular weight excluding hydrogens is 467 g/mol. The summed E-state index contributed by atoms with van der Waals surface area (Å²) in [5.41, 5.74) is -0.208. The maximum atomic E-state index is 15.7. The van der Waals surface area contributed by atoms with Crippen LogP contribution in [0, 0.1) is 19.7 Å². The second-order valence-electron chi connectivity index (χ2n) is 9.12. The van der Waals surface area contributed by atoms with Crippen molar-refractivity contribution in [3.8, 4) is 16.8 Å². The van der Waals surface area contributed by atoms with E-state index >= 15 is 4.39 Å². The third-order valence-corrected chi connectivity index (χ3v) is 7.14. The maximum absolute atomic E-state index is 15.7. The third-order valence-electron chi connectivity index (χ3n) is 6.11. The van der Waals surface area contributed by atoms with E-state index in [2.05, 4.69) is 15.5 Å². The molecule has 1 aliphatic rings. The van der Waals surface area contributed by atoms with Crippen molar-refractivity contribution in [2.45, 2.75) is 39.7 Å². The summed E-state index contributed by atoms with van der Waals surface area (Å²) in [4.78, 5) is 0. The number of hydrogen-bond donors (Lipinski definition) is 1. The largest absolute Gasteiger partial charge is 0.371 e. The zero-order valence-electron chi connectivity index (χ0n) is 19.1. The van der Waals surface area contributed by atoms with E-state index in [1.165, 1.54) is 22.9 Å². The Balaban J connectivity index is 1.93. The molecule has 3 heterocycles. The van der Waals surface area contributed by atoms with Crippen LogP contribution in [0.5, 0.6) is 0 Å². The van der Waals surface area contributed by atoms with E-state index in [-0.39, 0.29) is 28.0 Å². The lowest BCUT2D eigenvalue weighted by atomic mass is 9.90. The Labute approximate surface area is 194 Å². The number of nitrogens with one attached hydrogen (secondary N) is 1. The summed E-state index contributed by atoms with van der Waals surface area (Å²) in [6.45, 7) is 6.97. The number of fused-ring (bicyclic) bond motifs is 4. The van der Waals surface area contributed by atoms with Crippen LogP contribution >= 0.6 is 0 Å². The topological polar surface area (TPSA) is 81.8 Å². The van der Waals surface area contributed by atoms with Crippen molar-refractivity contribution >= 4 is 26.6 Å². The second kappa shape index (κ2) is 7.08. The molecule has 0 aliphatic carbocycles. The first-order chi connectivity index (χ1) is 15.8. The van der Waals surface area contributed by atoms with Crippen molar-refractivity contribution < 1.29 is 21.6 Å². The van der Waals surface area contributed by atoms with Crippen molar-refractivity contribution in [3.63, 3.8) is 0 Å². The number of anilines is 1. The van der Waals surface area contributed by atoms with E-state index in [1.54, 1.807) is 26.0 Å². The monoisotopic (exact) mass is 489 g/mol. The van der Waals surface area contributed by atoms with Gasteiger partial charge in [-0.05, 0) is 57.0 Å². The number of aromatic nitrogens is 4. The predicted octanol–water partition coefficient (Wildman–Crippen LogP) is 5.05. The Bertz CT molecular complexity index is 1600. The first-order valence-electron chi connectivity index (χ1n) is 10.5. The van der Waals surface area contributed by atoms with Gasteiger partial charge >= 0.3 is 0 Å². The zero-order chi connectivity index (χ0) is 24.7. The Morgan fingerprint density at radius 3 is 2.47 bits per heavy atom. The summed E-state index contributed by atoms with van der Waals surface area (Å²) < 4.78 is 72.3. The van der Waals surface area contributed by atoms with E-state index in [1.807, 2.05) is 13.8 Å². The molecule has 34 heavy (non-hydrogen) atoms. The molecule has 1 aliphatic heterocycles. The van der Waals surface area contributed by atoms with Gasteiger partial charge in [-0.15, -0.1) is 10.2 Å². The van der Waals surface area contributed by atoms with Crippen LogP contribution < -0.4 is 5.32 Å². The summed E-state index contributed by atoms with van der Waals surface area (Å²) >= 11 is 0. The van der Waals surface area contributed by atoms with Gasteiger partial charge in [0.05, 0.1) is 34.2 Å². The number of nitrogens with zero attached hydrogens (tertiary/aromatic N) is 4. The van der Waals surface area contributed by atoms with Crippen LogP contribution in [-0.2, 0) is 15.6 Å². The van der Waals surface area contributed by atoms with Crippen molar-refractivity contribution in [2.75, 3.05) is 11.6 Å². The van der Waals surface area contributed by atoms with Crippen LogP contribution in [0.1, 0.15) is 43.0 Å². The number of hydrogen-bond acceptors (Lipinski definition) is 5. The number of benzene rings is 2. The smallest absolute Gasteiger partial charge is 0.266 e. The van der Waals surface area contributed by atoms with E-state index < -0.39 is 33.4 Å². The molecule has 0 saturated carbocycles. The normalized spacial score (nSPS) is 14.9. The average molecular weight is 490 g/mol. The molecule has 7 nitrogen and oxygen atoms in total. The van der Waals surface area contributed by atoms with Gasteiger partial charge in [0.25, 0.3) is 6.43 Å². The van der Waals surface area contributed by atoms with Gasteiger partial charge < -0.3 is 5.32 Å². The molecule has 5 rings (SSSR count). The van der Waals surface area contributed by atoms with Gasteiger partial charge in [-0.2, -0.15) is 0 Å². The summed E-state index contributed by atoms with van der Waals surface area (Å²) in [6.07, 6.45) is -0.653. The van der Waals surface area contributed by atoms with E-state index in [9.17, 15) is 17.2 Å². The van der Waals surface area contributed by atoms with Crippen LogP contribution in [0.3, 0.4) is 0 Å². The number of halogens is 3. The van der Waals surface area contributed by atoms with Crippen LogP contribution in [0.4, 0.5) is 18.9 Å². The molecule has 0 unspecified atom stereocenters. The highest BCUT2D eigenvalue weighted by Gasteiger charge is 2.39. The standard InChI is InChI=1S/C23H22F3N5O2S/c1-11-8-14(13-6-7-30(17(13)9-11)34(5,32)33)18-15(24)10-16-20(19(18)21(25)26)31-12(2)28-29-22(31)23(3,4)27-16/h6-10,21,27H,1-5H3. The molecule has 2 aromatic carbocycles. The summed E-state index contributed by atoms with van der Waals surface area (Å²) in [6, 6.07) is 5.91. The van der Waals surface area contributed by atoms with Crippen LogP contribution in [0.25, 0.3) is 27.7 Å². The van der Waals surface area contributed by atoms with Gasteiger partial charge in [0, 0.05) is 17.1 Å². The van der Waals surface area contributed by atoms with Crippen molar-refractivity contribution in [1.29, 1.82) is 0 Å². The Morgan fingerprint density at radius 1 is 1.12 bits per heavy atom. The third kappa shape index (κ3) is 3.13. The Hall–Kier alpha value is -3.34. The molecule has 0 radical (unpaired) electrons. The average Bonchev–Trinajstić information content (AvgIpc) is 3.30. The first-order valence-corrected chi connectivity index (χ1v) is 12.3. The van der Waals surface area contributed by atoms with Crippen LogP contribution in [0.15, 0.2) is 30.5 Å². The number of rotatable bonds is 3. The Kier molecular flexibility index (Phi) is 4.68. The highest BCUT2D eigenvalue weighted by molar-refractivity contribution is 7.89. The fourth-order valence-electron chi connectivity index (χ4n) is 4.76. The zero-order valence-corrected chi connectivity index (χ0v) is 19.9. The maximum Gasteiger partial charge on any atom is 0.266 e. The minimum absolute atomic E-state index is 0.0837. The molecule has 0 atom stereocenters. The van der Waals surface area contributed by atoms with Crippen LogP contribution in [0.2, 0.25) is 0 Å². The van der Waals surface area contributed by atoms with Crippen molar-refractivity contribution in [1.82, 2.24) is 18.7 Å². The molecular formula is C23H22F3N5O2S. The molecule has 0 fully saturated rings. The fourth-order valence-corrected chi connectivity index (χ4v) is 5.55. The molecule has 2 aromatic heterocycles. The second-order valence-corrected chi connectivity index (χ2v) is 11.0. The molecule has 178 valence electrons. The molecule has 0 saturated heterocycles. The lowest BCUT2D eigenvalue weighted by Gasteiger charge is -2.35. The molecule has 0 bridgehead atoms. The molecule has 1 N–H and O–H groups in total. The Morgan fingerprint density at radius 2 is 1.82 bits per heavy atom. The SMILES string of the molecule is Cc1cc(-c2c(F)cc3c(c2C(F)F)-n2c(C)nnc2C(C)(C)N3)c2ccn(S(C)(=O)=O)c2c1. The lowest BCUT2D eigenvalue weighted by Crippen LogP contribution is -2.36. The van der Waals surface area contributed by atoms with E-state index in [0.717, 1.165) is 10.2 Å². The molecule has 0 spiro atoms. The molecule has 11 heteroatoms. The van der Waals surface area contributed by atoms with Gasteiger partial charge in [0.2, 0.25) is 10.0 Å².